The first-order chi connectivity index (χ1) is 24.7. The maximum Gasteiger partial charge on any atom is 0.135 e. The summed E-state index contributed by atoms with van der Waals surface area (Å²) >= 11 is 3.91. The molecule has 0 saturated heterocycles. The molecule has 8 aromatic rings. The lowest BCUT2D eigenvalue weighted by Gasteiger charge is -2.29. The molecule has 238 valence electrons. The molecule has 2 unspecified atom stereocenters. The van der Waals surface area contributed by atoms with Gasteiger partial charge in [0.15, 0.2) is 0 Å². The Hall–Kier alpha value is -5.84. The van der Waals surface area contributed by atoms with E-state index in [0.717, 1.165) is 43.5 Å². The van der Waals surface area contributed by atoms with Gasteiger partial charge in [0, 0.05) is 55.2 Å². The number of para-hydroxylation sites is 3. The van der Waals surface area contributed by atoms with Crippen molar-refractivity contribution in [1.29, 1.82) is 0 Å². The van der Waals surface area contributed by atoms with E-state index in [1.165, 1.54) is 39.0 Å². The van der Waals surface area contributed by atoms with Crippen molar-refractivity contribution in [3.8, 4) is 5.69 Å². The smallest absolute Gasteiger partial charge is 0.135 e. The van der Waals surface area contributed by atoms with Crippen LogP contribution >= 0.6 is 15.9 Å². The molecule has 2 aliphatic rings. The van der Waals surface area contributed by atoms with Crippen LogP contribution < -0.4 is 4.90 Å². The van der Waals surface area contributed by atoms with Crippen LogP contribution in [-0.2, 0) is 0 Å². The third kappa shape index (κ3) is 4.63. The average Bonchev–Trinajstić information content (AvgIpc) is 3.72. The number of nitrogens with zero attached hydrogens (tertiary/aromatic N) is 2. The molecule has 10 rings (SSSR count). The van der Waals surface area contributed by atoms with Gasteiger partial charge in [-0.1, -0.05) is 113 Å². The molecule has 0 fully saturated rings. The SMILES string of the molecule is Brc1cccc2c1c1c(n2-c2ccccc2)C=CC2C=C(c3ccc(N(c4ccccc4)c4ccc5oc6ccccc6c5c4)cc3)C=CC12. The Labute approximate surface area is 298 Å². The number of fused-ring (bicyclic) bond motifs is 8. The Bertz CT molecular complexity index is 2660. The molecule has 2 aromatic heterocycles. The highest BCUT2D eigenvalue weighted by molar-refractivity contribution is 9.10. The second-order valence-corrected chi connectivity index (χ2v) is 13.9. The lowest BCUT2D eigenvalue weighted by Crippen LogP contribution is -2.15. The minimum atomic E-state index is 0.256. The van der Waals surface area contributed by atoms with Crippen molar-refractivity contribution in [2.45, 2.75) is 5.92 Å². The van der Waals surface area contributed by atoms with Crippen molar-refractivity contribution >= 4 is 77.5 Å². The Kier molecular flexibility index (Phi) is 6.78. The molecule has 0 amide bonds. The monoisotopic (exact) mass is 706 g/mol. The van der Waals surface area contributed by atoms with Crippen molar-refractivity contribution < 1.29 is 4.42 Å². The number of halogens is 1. The zero-order chi connectivity index (χ0) is 33.2. The van der Waals surface area contributed by atoms with Crippen LogP contribution in [0.2, 0.25) is 0 Å². The quantitative estimate of drug-likeness (QED) is 0.178. The van der Waals surface area contributed by atoms with E-state index in [1.807, 2.05) is 12.1 Å². The van der Waals surface area contributed by atoms with Crippen LogP contribution in [0.4, 0.5) is 17.1 Å². The molecule has 4 heteroatoms. The van der Waals surface area contributed by atoms with E-state index in [0.29, 0.717) is 0 Å². The Morgan fingerprint density at radius 3 is 2.16 bits per heavy atom. The van der Waals surface area contributed by atoms with Crippen LogP contribution in [0.15, 0.2) is 179 Å². The van der Waals surface area contributed by atoms with Gasteiger partial charge in [0.25, 0.3) is 0 Å². The average molecular weight is 708 g/mol. The lowest BCUT2D eigenvalue weighted by atomic mass is 9.76. The summed E-state index contributed by atoms with van der Waals surface area (Å²) in [5, 5.41) is 3.53. The minimum absolute atomic E-state index is 0.256. The van der Waals surface area contributed by atoms with E-state index < -0.39 is 0 Å². The van der Waals surface area contributed by atoms with E-state index in [-0.39, 0.29) is 11.8 Å². The molecule has 2 aliphatic carbocycles. The normalized spacial score (nSPS) is 16.5. The first-order valence-corrected chi connectivity index (χ1v) is 17.8. The first-order valence-electron chi connectivity index (χ1n) is 17.0. The zero-order valence-electron chi connectivity index (χ0n) is 27.1. The predicted octanol–water partition coefficient (Wildman–Crippen LogP) is 13.1. The summed E-state index contributed by atoms with van der Waals surface area (Å²) in [6.07, 6.45) is 11.9. The molecule has 0 saturated carbocycles. The number of hydrogen-bond acceptors (Lipinski definition) is 2. The third-order valence-corrected chi connectivity index (χ3v) is 10.9. The molecule has 0 aliphatic heterocycles. The van der Waals surface area contributed by atoms with E-state index in [2.05, 4.69) is 189 Å². The van der Waals surface area contributed by atoms with Gasteiger partial charge in [0.1, 0.15) is 11.2 Å². The van der Waals surface area contributed by atoms with Gasteiger partial charge in [-0.15, -0.1) is 0 Å². The van der Waals surface area contributed by atoms with Crippen LogP contribution in [0.25, 0.3) is 50.2 Å². The molecular formula is C46H31BrN2O. The molecular weight excluding hydrogens is 676 g/mol. The predicted molar refractivity (Wildman–Crippen MR) is 212 cm³/mol. The minimum Gasteiger partial charge on any atom is -0.456 e. The highest BCUT2D eigenvalue weighted by Crippen LogP contribution is 2.48. The summed E-state index contributed by atoms with van der Waals surface area (Å²) in [4.78, 5) is 2.32. The summed E-state index contributed by atoms with van der Waals surface area (Å²) in [6, 6.07) is 51.5. The number of benzene rings is 6. The van der Waals surface area contributed by atoms with Crippen molar-refractivity contribution in [1.82, 2.24) is 4.57 Å². The molecule has 2 atom stereocenters. The van der Waals surface area contributed by atoms with Crippen LogP contribution in [-0.4, -0.2) is 4.57 Å². The summed E-state index contributed by atoms with van der Waals surface area (Å²) in [5.74, 6) is 0.521. The van der Waals surface area contributed by atoms with Gasteiger partial charge in [0.05, 0.1) is 11.2 Å². The van der Waals surface area contributed by atoms with Crippen molar-refractivity contribution in [3.05, 3.63) is 191 Å². The fraction of sp³-hybridized carbons (Fsp3) is 0.0435. The van der Waals surface area contributed by atoms with Gasteiger partial charge >= 0.3 is 0 Å². The number of rotatable bonds is 5. The van der Waals surface area contributed by atoms with E-state index in [4.69, 9.17) is 4.42 Å². The largest absolute Gasteiger partial charge is 0.456 e. The molecule has 0 N–H and O–H groups in total. The third-order valence-electron chi connectivity index (χ3n) is 10.2. The van der Waals surface area contributed by atoms with E-state index in [9.17, 15) is 0 Å². The highest BCUT2D eigenvalue weighted by atomic mass is 79.9. The van der Waals surface area contributed by atoms with Crippen LogP contribution in [0.3, 0.4) is 0 Å². The van der Waals surface area contributed by atoms with Gasteiger partial charge < -0.3 is 13.9 Å². The summed E-state index contributed by atoms with van der Waals surface area (Å²) in [6.45, 7) is 0. The molecule has 0 bridgehead atoms. The Balaban J connectivity index is 1.01. The maximum atomic E-state index is 6.15. The highest BCUT2D eigenvalue weighted by Gasteiger charge is 2.32. The topological polar surface area (TPSA) is 21.3 Å². The van der Waals surface area contributed by atoms with Crippen LogP contribution in [0, 0.1) is 5.92 Å². The molecule has 50 heavy (non-hydrogen) atoms. The number of furan rings is 1. The van der Waals surface area contributed by atoms with Gasteiger partial charge in [-0.25, -0.2) is 0 Å². The molecule has 6 aromatic carbocycles. The standard InChI is InChI=1S/C46H31BrN2O/c47-40-15-9-16-41-46(40)45-37-25-20-31(28-32(37)21-26-42(45)49(41)34-12-5-2-6-13-34)30-18-22-35(23-19-30)48(33-10-3-1-4-11-33)36-24-27-44-39(29-36)38-14-7-8-17-43(38)50-44/h1-29,32,37H. The van der Waals surface area contributed by atoms with Crippen molar-refractivity contribution in [3.63, 3.8) is 0 Å². The van der Waals surface area contributed by atoms with Crippen LogP contribution in [0.1, 0.15) is 22.7 Å². The van der Waals surface area contributed by atoms with Gasteiger partial charge in [0.2, 0.25) is 0 Å². The zero-order valence-corrected chi connectivity index (χ0v) is 28.7. The molecule has 3 nitrogen and oxygen atoms in total. The van der Waals surface area contributed by atoms with Crippen molar-refractivity contribution in [2.24, 2.45) is 5.92 Å². The first kappa shape index (κ1) is 29.1. The summed E-state index contributed by atoms with van der Waals surface area (Å²) in [7, 11) is 0. The Morgan fingerprint density at radius 1 is 0.600 bits per heavy atom. The maximum absolute atomic E-state index is 6.15. The molecule has 2 heterocycles. The number of anilines is 3. The fourth-order valence-corrected chi connectivity index (χ4v) is 8.51. The number of aromatic nitrogens is 1. The number of allylic oxidation sites excluding steroid dienone is 5. The summed E-state index contributed by atoms with van der Waals surface area (Å²) < 4.78 is 9.69. The molecule has 0 spiro atoms. The van der Waals surface area contributed by atoms with Crippen LogP contribution in [0.5, 0.6) is 0 Å². The molecule has 0 radical (unpaired) electrons. The lowest BCUT2D eigenvalue weighted by molar-refractivity contribution is 0.669. The van der Waals surface area contributed by atoms with Crippen molar-refractivity contribution in [2.75, 3.05) is 4.90 Å². The van der Waals surface area contributed by atoms with E-state index in [1.54, 1.807) is 0 Å². The summed E-state index contributed by atoms with van der Waals surface area (Å²) in [5.41, 5.74) is 12.6. The van der Waals surface area contributed by atoms with Gasteiger partial charge in [-0.3, -0.25) is 0 Å². The Morgan fingerprint density at radius 2 is 1.32 bits per heavy atom. The van der Waals surface area contributed by atoms with E-state index >= 15 is 0 Å². The van der Waals surface area contributed by atoms with Gasteiger partial charge in [-0.05, 0) is 95.6 Å². The second kappa shape index (κ2) is 11.6. The number of hydrogen-bond donors (Lipinski definition) is 0. The fourth-order valence-electron chi connectivity index (χ4n) is 7.94. The second-order valence-electron chi connectivity index (χ2n) is 13.0. The van der Waals surface area contributed by atoms with Gasteiger partial charge in [-0.2, -0.15) is 0 Å².